The third-order valence-electron chi connectivity index (χ3n) is 21.0. The summed E-state index contributed by atoms with van der Waals surface area (Å²) in [6.45, 7) is 17.9. The molecule has 6 heteroatoms. The summed E-state index contributed by atoms with van der Waals surface area (Å²) in [5.41, 5.74) is 25.7. The summed E-state index contributed by atoms with van der Waals surface area (Å²) in [4.78, 5) is 10.1. The zero-order valence-corrected chi connectivity index (χ0v) is 60.1. The van der Waals surface area contributed by atoms with Gasteiger partial charge in [-0.1, -0.05) is 218 Å². The van der Waals surface area contributed by atoms with Crippen LogP contribution in [-0.4, -0.2) is 0 Å². The van der Waals surface area contributed by atoms with E-state index >= 15 is 0 Å². The van der Waals surface area contributed by atoms with Gasteiger partial charge < -0.3 is 19.6 Å². The fourth-order valence-corrected chi connectivity index (χ4v) is 18.5. The first kappa shape index (κ1) is 62.5. The summed E-state index contributed by atoms with van der Waals surface area (Å²) in [5.74, 6) is 0. The van der Waals surface area contributed by atoms with E-state index in [-0.39, 0.29) is 0 Å². The highest BCUT2D eigenvalue weighted by molar-refractivity contribution is 7.26. The molecule has 0 unspecified atom stereocenters. The number of hydrogen-bond acceptors (Lipinski definition) is 6. The highest BCUT2D eigenvalue weighted by atomic mass is 32.1. The van der Waals surface area contributed by atoms with Gasteiger partial charge in [-0.05, 0) is 217 Å². The summed E-state index contributed by atoms with van der Waals surface area (Å²) >= 11 is 3.79. The normalized spacial score (nSPS) is 11.7. The molecule has 2 aromatic heterocycles. The molecule has 18 aromatic rings. The molecule has 0 aliphatic rings. The molecule has 18 rings (SSSR count). The average molecular weight is 1350 g/mol. The van der Waals surface area contributed by atoms with Crippen molar-refractivity contribution in [2.45, 2.75) is 55.4 Å². The molecule has 0 aliphatic carbocycles. The van der Waals surface area contributed by atoms with E-state index in [0.717, 1.165) is 50.9 Å². The van der Waals surface area contributed by atoms with Crippen molar-refractivity contribution in [3.8, 4) is 11.1 Å². The van der Waals surface area contributed by atoms with Gasteiger partial charge in [-0.2, -0.15) is 0 Å². The Balaban J connectivity index is 0.813. The van der Waals surface area contributed by atoms with E-state index in [1.165, 1.54) is 156 Å². The molecule has 2 heterocycles. The Morgan fingerprint density at radius 2 is 0.441 bits per heavy atom. The van der Waals surface area contributed by atoms with Gasteiger partial charge in [-0.15, -0.1) is 22.7 Å². The molecule has 16 aromatic carbocycles. The summed E-state index contributed by atoms with van der Waals surface area (Å²) in [6.07, 6.45) is 0. The quantitative estimate of drug-likeness (QED) is 0.114. The third-order valence-corrected chi connectivity index (χ3v) is 23.2. The van der Waals surface area contributed by atoms with Gasteiger partial charge in [0.2, 0.25) is 0 Å². The number of hydrogen-bond donors (Lipinski definition) is 0. The zero-order valence-electron chi connectivity index (χ0n) is 58.5. The standard InChI is InChI=1S/C96H74N4S2/c1-59-27-25-33-69(51-59)97(79-43-21-9-29-61(79)3)85-55-89-93(75-39-17-13-35-71(75)85)94-76-40-18-14-36-72(76)86(56-90(94)101-89)98(70-34-26-28-60(2)52-70)83-53-67(49-47-65(83)7)68-50-48-66(8)84(54-68)100(82-46-24-12-32-64(82)6)88-58-92-96(78-42-20-16-38-74(78)88)95-77-41-19-15-37-73(77)87(57-91(95)102-92)99(80-44-22-10-30-62(80)4)81-45-23-11-31-63(81)5/h9-58H,1-8H3. The highest BCUT2D eigenvalue weighted by Crippen LogP contribution is 2.55. The van der Waals surface area contributed by atoms with Crippen LogP contribution in [0.5, 0.6) is 0 Å². The number of para-hydroxylation sites is 4. The van der Waals surface area contributed by atoms with Crippen LogP contribution in [-0.2, 0) is 0 Å². The summed E-state index contributed by atoms with van der Waals surface area (Å²) in [5, 5.41) is 14.9. The van der Waals surface area contributed by atoms with Gasteiger partial charge >= 0.3 is 0 Å². The molecule has 4 nitrogen and oxygen atoms in total. The van der Waals surface area contributed by atoms with Crippen molar-refractivity contribution in [2.24, 2.45) is 0 Å². The first-order valence-corrected chi connectivity index (χ1v) is 36.9. The monoisotopic (exact) mass is 1350 g/mol. The topological polar surface area (TPSA) is 13.0 Å². The lowest BCUT2D eigenvalue weighted by atomic mass is 9.95. The molecule has 0 bridgehead atoms. The number of anilines is 12. The molecule has 0 amide bonds. The smallest absolute Gasteiger partial charge is 0.0554 e. The van der Waals surface area contributed by atoms with E-state index in [0.29, 0.717) is 0 Å². The van der Waals surface area contributed by atoms with Crippen LogP contribution in [0.25, 0.3) is 94.6 Å². The molecule has 490 valence electrons. The van der Waals surface area contributed by atoms with Gasteiger partial charge in [0.05, 0.1) is 22.7 Å². The molecule has 0 spiro atoms. The van der Waals surface area contributed by atoms with Crippen LogP contribution in [0.15, 0.2) is 303 Å². The molecule has 0 saturated heterocycles. The van der Waals surface area contributed by atoms with Gasteiger partial charge in [-0.3, -0.25) is 0 Å². The van der Waals surface area contributed by atoms with Crippen LogP contribution in [0.2, 0.25) is 0 Å². The molecule has 0 aliphatic heterocycles. The van der Waals surface area contributed by atoms with E-state index in [1.54, 1.807) is 0 Å². The summed E-state index contributed by atoms with van der Waals surface area (Å²) < 4.78 is 4.99. The van der Waals surface area contributed by atoms with Gasteiger partial charge in [0.15, 0.2) is 0 Å². The van der Waals surface area contributed by atoms with Gasteiger partial charge in [-0.25, -0.2) is 0 Å². The molecule has 0 fully saturated rings. The van der Waals surface area contributed by atoms with Crippen LogP contribution < -0.4 is 19.6 Å². The minimum absolute atomic E-state index is 1.11. The maximum Gasteiger partial charge on any atom is 0.0554 e. The Labute approximate surface area is 604 Å². The maximum atomic E-state index is 2.55. The Hall–Kier alpha value is -11.8. The first-order valence-electron chi connectivity index (χ1n) is 35.3. The molecule has 102 heavy (non-hydrogen) atoms. The number of rotatable bonds is 13. The fourth-order valence-electron chi connectivity index (χ4n) is 16.1. The van der Waals surface area contributed by atoms with Crippen LogP contribution in [0.3, 0.4) is 0 Å². The van der Waals surface area contributed by atoms with E-state index in [4.69, 9.17) is 0 Å². The number of benzene rings is 16. The predicted octanol–water partition coefficient (Wildman–Crippen LogP) is 29.0. The van der Waals surface area contributed by atoms with E-state index in [9.17, 15) is 0 Å². The first-order chi connectivity index (χ1) is 49.9. The van der Waals surface area contributed by atoms with Crippen LogP contribution in [0.1, 0.15) is 44.5 Å². The second-order valence-corrected chi connectivity index (χ2v) is 29.8. The van der Waals surface area contributed by atoms with Gasteiger partial charge in [0, 0.05) is 107 Å². The van der Waals surface area contributed by atoms with Crippen LogP contribution >= 0.6 is 22.7 Å². The van der Waals surface area contributed by atoms with E-state index in [1.807, 2.05) is 22.7 Å². The lowest BCUT2D eigenvalue weighted by molar-refractivity contribution is 1.24. The number of fused-ring (bicyclic) bond motifs is 14. The Morgan fingerprint density at radius 3 is 0.765 bits per heavy atom. The summed E-state index contributed by atoms with van der Waals surface area (Å²) in [7, 11) is 0. The molecule has 0 atom stereocenters. The van der Waals surface area contributed by atoms with Crippen molar-refractivity contribution in [3.05, 3.63) is 348 Å². The second-order valence-electron chi connectivity index (χ2n) is 27.6. The summed E-state index contributed by atoms with van der Waals surface area (Å²) in [6, 6.07) is 114. The number of nitrogens with zero attached hydrogens (tertiary/aromatic N) is 4. The van der Waals surface area contributed by atoms with Gasteiger partial charge in [0.25, 0.3) is 0 Å². The Kier molecular flexibility index (Phi) is 15.4. The lowest BCUT2D eigenvalue weighted by Gasteiger charge is -2.31. The SMILES string of the molecule is Cc1cccc(N(c2ccccc2C)c2cc3sc4cc(N(c5cccc(C)c5)c5cc(-c6ccc(C)c(N(c7ccccc7C)c7cc8sc9cc(N(c%10ccccc%10C)c%10ccccc%10C)c%10ccccc%10c9c8c8ccccc78)c6)ccc5C)c5ccccc5c4c3c3ccccc23)c1. The minimum Gasteiger partial charge on any atom is -0.310 e. The second kappa shape index (κ2) is 25.1. The highest BCUT2D eigenvalue weighted by Gasteiger charge is 2.29. The average Bonchev–Trinajstić information content (AvgIpc) is 1.51. The van der Waals surface area contributed by atoms with Crippen molar-refractivity contribution in [1.29, 1.82) is 0 Å². The fraction of sp³-hybridized carbons (Fsp3) is 0.0833. The minimum atomic E-state index is 1.11. The largest absolute Gasteiger partial charge is 0.310 e. The maximum absolute atomic E-state index is 2.55. The van der Waals surface area contributed by atoms with Crippen LogP contribution in [0.4, 0.5) is 68.2 Å². The van der Waals surface area contributed by atoms with Crippen molar-refractivity contribution >= 4 is 174 Å². The molecule has 0 N–H and O–H groups in total. The molecule has 0 saturated carbocycles. The Morgan fingerprint density at radius 1 is 0.186 bits per heavy atom. The third kappa shape index (κ3) is 10.4. The van der Waals surface area contributed by atoms with Crippen molar-refractivity contribution in [1.82, 2.24) is 0 Å². The number of aryl methyl sites for hydroxylation is 8. The predicted molar refractivity (Wildman–Crippen MR) is 444 cm³/mol. The molecule has 0 radical (unpaired) electrons. The lowest BCUT2D eigenvalue weighted by Crippen LogP contribution is -2.13. The Bertz CT molecular complexity index is 6380. The van der Waals surface area contributed by atoms with Crippen molar-refractivity contribution < 1.29 is 0 Å². The molecular weight excluding hydrogens is 1270 g/mol. The van der Waals surface area contributed by atoms with E-state index in [2.05, 4.69) is 378 Å². The number of thiophene rings is 2. The zero-order chi connectivity index (χ0) is 69.0. The van der Waals surface area contributed by atoms with E-state index < -0.39 is 0 Å². The molecular formula is C96H74N4S2. The van der Waals surface area contributed by atoms with Crippen molar-refractivity contribution in [2.75, 3.05) is 19.6 Å². The van der Waals surface area contributed by atoms with Crippen LogP contribution in [0, 0.1) is 55.4 Å². The van der Waals surface area contributed by atoms with Gasteiger partial charge in [0.1, 0.15) is 0 Å². The van der Waals surface area contributed by atoms with Crippen molar-refractivity contribution in [3.63, 3.8) is 0 Å².